The number of hydrogen-bond acceptors (Lipinski definition) is 7. The molecule has 2 N–H and O–H groups in total. The van der Waals surface area contributed by atoms with E-state index in [1.54, 1.807) is 40.8 Å². The fourth-order valence-electron chi connectivity index (χ4n) is 3.03. The summed E-state index contributed by atoms with van der Waals surface area (Å²) < 4.78 is 0. The number of fused-ring (bicyclic) bond motifs is 1. The summed E-state index contributed by atoms with van der Waals surface area (Å²) in [4.78, 5) is 14.8. The normalized spacial score (nSPS) is 17.5. The Hall–Kier alpha value is -3.57. The molecule has 1 aliphatic carbocycles. The summed E-state index contributed by atoms with van der Waals surface area (Å²) in [6.45, 7) is 0.331. The molecule has 2 aliphatic rings. The number of carbonyl (C=O) groups is 1. The average Bonchev–Trinajstić information content (AvgIpc) is 3.29. The first-order valence-electron chi connectivity index (χ1n) is 7.71. The number of amides is 1. The van der Waals surface area contributed by atoms with E-state index < -0.39 is 0 Å². The third kappa shape index (κ3) is 2.51. The van der Waals surface area contributed by atoms with Gasteiger partial charge in [0.2, 0.25) is 0 Å². The van der Waals surface area contributed by atoms with Crippen LogP contribution in [0.5, 0.6) is 0 Å². The zero-order valence-corrected chi connectivity index (χ0v) is 14.3. The van der Waals surface area contributed by atoms with Gasteiger partial charge in [0, 0.05) is 5.57 Å². The molecule has 0 unspecified atom stereocenters. The molecule has 0 fully saturated rings. The zero-order valence-electron chi connectivity index (χ0n) is 13.5. The Morgan fingerprint density at radius 3 is 2.96 bits per heavy atom. The first kappa shape index (κ1) is 15.9. The lowest BCUT2D eigenvalue weighted by molar-refractivity contribution is -0.122. The van der Waals surface area contributed by atoms with Crippen molar-refractivity contribution in [3.05, 3.63) is 75.4 Å². The van der Waals surface area contributed by atoms with Crippen LogP contribution in [0.2, 0.25) is 0 Å². The minimum Gasteiger partial charge on any atom is -0.323 e. The van der Waals surface area contributed by atoms with E-state index >= 15 is 0 Å². The predicted octanol–water partition coefficient (Wildman–Crippen LogP) is 1.97. The van der Waals surface area contributed by atoms with Crippen molar-refractivity contribution in [2.45, 2.75) is 6.54 Å². The minimum absolute atomic E-state index is 0.185. The highest BCUT2D eigenvalue weighted by Crippen LogP contribution is 2.39. The number of benzene rings is 1. The van der Waals surface area contributed by atoms with Crippen molar-refractivity contribution in [1.29, 1.82) is 5.26 Å². The van der Waals surface area contributed by atoms with Gasteiger partial charge in [0.1, 0.15) is 5.51 Å². The molecule has 26 heavy (non-hydrogen) atoms. The van der Waals surface area contributed by atoms with E-state index in [2.05, 4.69) is 21.4 Å². The molecule has 8 heteroatoms. The van der Waals surface area contributed by atoms with Crippen molar-refractivity contribution in [2.24, 2.45) is 10.9 Å². The van der Waals surface area contributed by atoms with E-state index in [0.29, 0.717) is 39.7 Å². The van der Waals surface area contributed by atoms with Crippen molar-refractivity contribution in [1.82, 2.24) is 15.1 Å². The molecule has 0 radical (unpaired) electrons. The maximum absolute atomic E-state index is 13.2. The maximum atomic E-state index is 13.2. The van der Waals surface area contributed by atoms with Gasteiger partial charge in [-0.3, -0.25) is 4.79 Å². The van der Waals surface area contributed by atoms with E-state index in [1.807, 2.05) is 12.1 Å². The number of nitrogens with two attached hydrogens (primary N) is 1. The number of hydrogen-bond donors (Lipinski definition) is 1. The fraction of sp³-hybridized carbons (Fsp3) is 0.0556. The monoisotopic (exact) mass is 360 g/mol. The Morgan fingerprint density at radius 2 is 2.23 bits per heavy atom. The highest BCUT2D eigenvalue weighted by Gasteiger charge is 2.39. The van der Waals surface area contributed by atoms with Crippen molar-refractivity contribution in [3.63, 3.8) is 0 Å². The molecule has 1 aliphatic heterocycles. The molecule has 7 nitrogen and oxygen atoms in total. The second kappa shape index (κ2) is 6.38. The van der Waals surface area contributed by atoms with Crippen LogP contribution < -0.4 is 5.84 Å². The first-order chi connectivity index (χ1) is 12.7. The number of hydrazone groups is 1. The Morgan fingerprint density at radius 1 is 1.35 bits per heavy atom. The lowest BCUT2D eigenvalue weighted by Crippen LogP contribution is -2.26. The fourth-order valence-corrected chi connectivity index (χ4v) is 3.62. The van der Waals surface area contributed by atoms with Gasteiger partial charge < -0.3 is 10.7 Å². The number of nitriles is 1. The van der Waals surface area contributed by atoms with Crippen LogP contribution >= 0.6 is 11.3 Å². The maximum Gasteiger partial charge on any atom is 0.262 e. The third-order valence-corrected chi connectivity index (χ3v) is 4.84. The molecule has 0 saturated carbocycles. The van der Waals surface area contributed by atoms with Crippen LogP contribution in [0, 0.1) is 11.3 Å². The van der Waals surface area contributed by atoms with Crippen LogP contribution in [-0.4, -0.2) is 26.7 Å². The average molecular weight is 360 g/mol. The van der Waals surface area contributed by atoms with Gasteiger partial charge in [-0.1, -0.05) is 29.5 Å². The van der Waals surface area contributed by atoms with Crippen LogP contribution in [0.15, 0.2) is 64.4 Å². The highest BCUT2D eigenvalue weighted by molar-refractivity contribution is 7.10. The summed E-state index contributed by atoms with van der Waals surface area (Å²) in [6, 6.07) is 9.30. The SMILES string of the molecule is N#Cc1cccc(CN2C(=O)C(c3nncs3)=C3C2=CC=CC3=NN)c1. The molecule has 0 spiro atoms. The first-order valence-corrected chi connectivity index (χ1v) is 8.59. The third-order valence-electron chi connectivity index (χ3n) is 4.13. The van der Waals surface area contributed by atoms with Crippen LogP contribution in [0.4, 0.5) is 0 Å². The molecule has 2 heterocycles. The topological polar surface area (TPSA) is 108 Å². The Labute approximate surface area is 153 Å². The number of nitrogens with zero attached hydrogens (tertiary/aromatic N) is 5. The smallest absolute Gasteiger partial charge is 0.262 e. The van der Waals surface area contributed by atoms with E-state index in [4.69, 9.17) is 11.1 Å². The van der Waals surface area contributed by atoms with Gasteiger partial charge in [-0.2, -0.15) is 10.4 Å². The Kier molecular flexibility index (Phi) is 3.91. The molecular formula is C18H12N6OS. The van der Waals surface area contributed by atoms with Crippen molar-refractivity contribution in [2.75, 3.05) is 0 Å². The van der Waals surface area contributed by atoms with E-state index in [0.717, 1.165) is 5.56 Å². The Bertz CT molecular complexity index is 1060. The predicted molar refractivity (Wildman–Crippen MR) is 97.4 cm³/mol. The van der Waals surface area contributed by atoms with E-state index in [9.17, 15) is 4.79 Å². The molecule has 0 saturated heterocycles. The van der Waals surface area contributed by atoms with E-state index in [-0.39, 0.29) is 5.91 Å². The van der Waals surface area contributed by atoms with Gasteiger partial charge in [-0.25, -0.2) is 0 Å². The van der Waals surface area contributed by atoms with Gasteiger partial charge in [0.05, 0.1) is 35.2 Å². The minimum atomic E-state index is -0.185. The lowest BCUT2D eigenvalue weighted by atomic mass is 9.99. The van der Waals surface area contributed by atoms with Gasteiger partial charge in [0.15, 0.2) is 5.01 Å². The number of aromatic nitrogens is 2. The standard InChI is InChI=1S/C18H12N6OS/c19-8-11-3-1-4-12(7-11)9-24-14-6-2-5-13(22-20)15(14)16(18(24)25)17-23-21-10-26-17/h1-7,10H,9,20H2. The number of rotatable bonds is 3. The van der Waals surface area contributed by atoms with Crippen molar-refractivity contribution >= 4 is 28.5 Å². The van der Waals surface area contributed by atoms with Crippen molar-refractivity contribution in [3.8, 4) is 6.07 Å². The molecule has 1 amide bonds. The van der Waals surface area contributed by atoms with Gasteiger partial charge in [0.25, 0.3) is 5.91 Å². The molecule has 4 rings (SSSR count). The van der Waals surface area contributed by atoms with Crippen LogP contribution in [0.3, 0.4) is 0 Å². The molecule has 1 aromatic heterocycles. The van der Waals surface area contributed by atoms with Gasteiger partial charge >= 0.3 is 0 Å². The second-order valence-electron chi connectivity index (χ2n) is 5.62. The molecule has 0 bridgehead atoms. The molecular weight excluding hydrogens is 348 g/mol. The van der Waals surface area contributed by atoms with Crippen LogP contribution in [0.1, 0.15) is 16.1 Å². The zero-order chi connectivity index (χ0) is 18.1. The summed E-state index contributed by atoms with van der Waals surface area (Å²) in [5.41, 5.74) is 5.34. The molecule has 1 aromatic carbocycles. The molecule has 126 valence electrons. The largest absolute Gasteiger partial charge is 0.323 e. The summed E-state index contributed by atoms with van der Waals surface area (Å²) in [5.74, 6) is 5.35. The lowest BCUT2D eigenvalue weighted by Gasteiger charge is -2.21. The van der Waals surface area contributed by atoms with Crippen molar-refractivity contribution < 1.29 is 4.79 Å². The van der Waals surface area contributed by atoms with Gasteiger partial charge in [-0.05, 0) is 29.8 Å². The number of carbonyl (C=O) groups excluding carboxylic acids is 1. The van der Waals surface area contributed by atoms with Crippen LogP contribution in [0.25, 0.3) is 5.57 Å². The Balaban J connectivity index is 1.80. The molecule has 2 aromatic rings. The highest BCUT2D eigenvalue weighted by atomic mass is 32.1. The molecule has 0 atom stereocenters. The van der Waals surface area contributed by atoms with E-state index in [1.165, 1.54) is 11.3 Å². The quantitative estimate of drug-likeness (QED) is 0.665. The second-order valence-corrected chi connectivity index (χ2v) is 6.46. The summed E-state index contributed by atoms with van der Waals surface area (Å²) >= 11 is 1.29. The summed E-state index contributed by atoms with van der Waals surface area (Å²) in [7, 11) is 0. The van der Waals surface area contributed by atoms with Gasteiger partial charge in [-0.15, -0.1) is 10.2 Å². The summed E-state index contributed by atoms with van der Waals surface area (Å²) in [6.07, 6.45) is 5.41. The number of allylic oxidation sites excluding steroid dienone is 4. The summed E-state index contributed by atoms with van der Waals surface area (Å²) in [5, 5.41) is 21.3. The van der Waals surface area contributed by atoms with Crippen LogP contribution in [-0.2, 0) is 11.3 Å².